The van der Waals surface area contributed by atoms with Crippen LogP contribution in [-0.4, -0.2) is 14.2 Å². The molecule has 4 nitrogen and oxygen atoms in total. The second-order valence-corrected chi connectivity index (χ2v) is 4.84. The first-order valence-corrected chi connectivity index (χ1v) is 6.53. The van der Waals surface area contributed by atoms with Gasteiger partial charge >= 0.3 is 0 Å². The molecule has 0 amide bonds. The van der Waals surface area contributed by atoms with E-state index in [1.54, 1.807) is 14.2 Å². The van der Waals surface area contributed by atoms with E-state index in [1.807, 2.05) is 39.0 Å². The van der Waals surface area contributed by atoms with Gasteiger partial charge in [0, 0.05) is 17.2 Å². The Bertz CT molecular complexity index is 616. The van der Waals surface area contributed by atoms with Gasteiger partial charge in [0.2, 0.25) is 0 Å². The Kier molecular flexibility index (Phi) is 4.04. The van der Waals surface area contributed by atoms with E-state index in [9.17, 15) is 0 Å². The van der Waals surface area contributed by atoms with Gasteiger partial charge < -0.3 is 19.6 Å². The fourth-order valence-electron chi connectivity index (χ4n) is 2.50. The quantitative estimate of drug-likeness (QED) is 0.930. The van der Waals surface area contributed by atoms with E-state index in [1.165, 1.54) is 0 Å². The number of nitrogens with two attached hydrogens (primary N) is 1. The third-order valence-corrected chi connectivity index (χ3v) is 3.70. The number of hydrogen-bond acceptors (Lipinski definition) is 4. The number of ether oxygens (including phenoxy) is 2. The summed E-state index contributed by atoms with van der Waals surface area (Å²) in [5, 5.41) is 0. The van der Waals surface area contributed by atoms with Gasteiger partial charge in [0.1, 0.15) is 23.0 Å². The van der Waals surface area contributed by atoms with Gasteiger partial charge in [-0.1, -0.05) is 0 Å². The van der Waals surface area contributed by atoms with Crippen molar-refractivity contribution in [2.24, 2.45) is 5.73 Å². The maximum absolute atomic E-state index is 6.42. The molecule has 1 unspecified atom stereocenters. The molecule has 0 aliphatic rings. The van der Waals surface area contributed by atoms with Crippen molar-refractivity contribution in [2.45, 2.75) is 26.8 Å². The Hall–Kier alpha value is -1.94. The van der Waals surface area contributed by atoms with Crippen molar-refractivity contribution in [3.63, 3.8) is 0 Å². The topological polar surface area (TPSA) is 57.6 Å². The lowest BCUT2D eigenvalue weighted by molar-refractivity contribution is 0.389. The Morgan fingerprint density at radius 3 is 2.25 bits per heavy atom. The van der Waals surface area contributed by atoms with E-state index in [0.29, 0.717) is 0 Å². The maximum atomic E-state index is 6.42. The van der Waals surface area contributed by atoms with Crippen molar-refractivity contribution in [1.29, 1.82) is 0 Å². The lowest BCUT2D eigenvalue weighted by atomic mass is 9.95. The van der Waals surface area contributed by atoms with Crippen molar-refractivity contribution in [3.8, 4) is 11.5 Å². The van der Waals surface area contributed by atoms with Crippen molar-refractivity contribution in [3.05, 3.63) is 46.4 Å². The molecule has 0 fully saturated rings. The minimum absolute atomic E-state index is 0.284. The van der Waals surface area contributed by atoms with Crippen molar-refractivity contribution >= 4 is 0 Å². The first kappa shape index (κ1) is 14.5. The summed E-state index contributed by atoms with van der Waals surface area (Å²) >= 11 is 0. The van der Waals surface area contributed by atoms with Crippen LogP contribution in [0.5, 0.6) is 11.5 Å². The average molecular weight is 275 g/mol. The third kappa shape index (κ3) is 2.39. The number of methoxy groups -OCH3 is 2. The third-order valence-electron chi connectivity index (χ3n) is 3.70. The van der Waals surface area contributed by atoms with Gasteiger partial charge in [-0.3, -0.25) is 0 Å². The highest BCUT2D eigenvalue weighted by Gasteiger charge is 2.22. The molecule has 4 heteroatoms. The SMILES string of the molecule is COc1ccc(C(N)c2c(C)oc(C)c2C)c(OC)c1. The predicted octanol–water partition coefficient (Wildman–Crippen LogP) is 3.27. The normalized spacial score (nSPS) is 12.3. The van der Waals surface area contributed by atoms with Gasteiger partial charge in [0.25, 0.3) is 0 Å². The Labute approximate surface area is 119 Å². The highest BCUT2D eigenvalue weighted by atomic mass is 16.5. The molecule has 0 aliphatic carbocycles. The highest BCUT2D eigenvalue weighted by Crippen LogP contribution is 2.35. The molecule has 20 heavy (non-hydrogen) atoms. The first-order valence-electron chi connectivity index (χ1n) is 6.53. The van der Waals surface area contributed by atoms with Crippen LogP contribution in [-0.2, 0) is 0 Å². The molecule has 2 aromatic rings. The Balaban J connectivity index is 2.50. The summed E-state index contributed by atoms with van der Waals surface area (Å²) < 4.78 is 16.3. The molecule has 0 bridgehead atoms. The van der Waals surface area contributed by atoms with E-state index < -0.39 is 0 Å². The molecule has 2 N–H and O–H groups in total. The molecule has 2 rings (SSSR count). The summed E-state index contributed by atoms with van der Waals surface area (Å²) in [6, 6.07) is 5.37. The van der Waals surface area contributed by atoms with E-state index in [0.717, 1.165) is 39.7 Å². The minimum atomic E-state index is -0.284. The number of rotatable bonds is 4. The van der Waals surface area contributed by atoms with E-state index in [2.05, 4.69) is 0 Å². The molecule has 108 valence electrons. The summed E-state index contributed by atoms with van der Waals surface area (Å²) in [6.07, 6.45) is 0. The van der Waals surface area contributed by atoms with Gasteiger partial charge in [-0.15, -0.1) is 0 Å². The molecule has 0 saturated carbocycles. The van der Waals surface area contributed by atoms with Gasteiger partial charge in [0.05, 0.1) is 20.3 Å². The minimum Gasteiger partial charge on any atom is -0.497 e. The summed E-state index contributed by atoms with van der Waals surface area (Å²) in [7, 11) is 3.26. The van der Waals surface area contributed by atoms with E-state index in [4.69, 9.17) is 19.6 Å². The van der Waals surface area contributed by atoms with Crippen LogP contribution >= 0.6 is 0 Å². The second kappa shape index (κ2) is 5.59. The molecule has 0 aliphatic heterocycles. The Morgan fingerprint density at radius 1 is 1.05 bits per heavy atom. The lowest BCUT2D eigenvalue weighted by Crippen LogP contribution is -2.14. The van der Waals surface area contributed by atoms with E-state index >= 15 is 0 Å². The molecule has 1 heterocycles. The van der Waals surface area contributed by atoms with Crippen LogP contribution in [0.4, 0.5) is 0 Å². The number of furan rings is 1. The van der Waals surface area contributed by atoms with Crippen LogP contribution in [0.25, 0.3) is 0 Å². The van der Waals surface area contributed by atoms with Crippen molar-refractivity contribution in [2.75, 3.05) is 14.2 Å². The van der Waals surface area contributed by atoms with E-state index in [-0.39, 0.29) is 6.04 Å². The second-order valence-electron chi connectivity index (χ2n) is 4.84. The van der Waals surface area contributed by atoms with Crippen LogP contribution in [0.15, 0.2) is 22.6 Å². The molecule has 1 aromatic carbocycles. The smallest absolute Gasteiger partial charge is 0.127 e. The number of aryl methyl sites for hydroxylation is 2. The largest absolute Gasteiger partial charge is 0.497 e. The average Bonchev–Trinajstić information content (AvgIpc) is 2.70. The summed E-state index contributed by atoms with van der Waals surface area (Å²) in [5.41, 5.74) is 9.45. The molecule has 0 radical (unpaired) electrons. The summed E-state index contributed by atoms with van der Waals surface area (Å²) in [4.78, 5) is 0. The molecule has 0 spiro atoms. The zero-order chi connectivity index (χ0) is 14.9. The first-order chi connectivity index (χ1) is 9.49. The monoisotopic (exact) mass is 275 g/mol. The van der Waals surface area contributed by atoms with Crippen LogP contribution in [0.2, 0.25) is 0 Å². The number of hydrogen-bond donors (Lipinski definition) is 1. The lowest BCUT2D eigenvalue weighted by Gasteiger charge is -2.17. The standard InChI is InChI=1S/C16H21NO3/c1-9-10(2)20-11(3)15(9)16(17)13-7-6-12(18-4)8-14(13)19-5/h6-8,16H,17H2,1-5H3. The van der Waals surface area contributed by atoms with Gasteiger partial charge in [-0.25, -0.2) is 0 Å². The van der Waals surface area contributed by atoms with Crippen molar-refractivity contribution in [1.82, 2.24) is 0 Å². The van der Waals surface area contributed by atoms with Gasteiger partial charge in [-0.2, -0.15) is 0 Å². The maximum Gasteiger partial charge on any atom is 0.127 e. The van der Waals surface area contributed by atoms with Gasteiger partial charge in [-0.05, 0) is 38.5 Å². The highest BCUT2D eigenvalue weighted by molar-refractivity contribution is 5.48. The fraction of sp³-hybridized carbons (Fsp3) is 0.375. The zero-order valence-corrected chi connectivity index (χ0v) is 12.6. The van der Waals surface area contributed by atoms with Crippen molar-refractivity contribution < 1.29 is 13.9 Å². The van der Waals surface area contributed by atoms with Crippen LogP contribution in [0.3, 0.4) is 0 Å². The van der Waals surface area contributed by atoms with Crippen LogP contribution in [0, 0.1) is 20.8 Å². The van der Waals surface area contributed by atoms with Crippen LogP contribution in [0.1, 0.15) is 34.3 Å². The molecule has 1 atom stereocenters. The zero-order valence-electron chi connectivity index (χ0n) is 12.6. The molecule has 1 aromatic heterocycles. The summed E-state index contributed by atoms with van der Waals surface area (Å²) in [5.74, 6) is 3.22. The summed E-state index contributed by atoms with van der Waals surface area (Å²) in [6.45, 7) is 5.91. The number of benzene rings is 1. The Morgan fingerprint density at radius 2 is 1.75 bits per heavy atom. The molecular formula is C16H21NO3. The van der Waals surface area contributed by atoms with Crippen LogP contribution < -0.4 is 15.2 Å². The molecular weight excluding hydrogens is 254 g/mol. The predicted molar refractivity (Wildman–Crippen MR) is 78.5 cm³/mol. The fourth-order valence-corrected chi connectivity index (χ4v) is 2.50. The van der Waals surface area contributed by atoms with Gasteiger partial charge in [0.15, 0.2) is 0 Å². The molecule has 0 saturated heterocycles.